The Labute approximate surface area is 256 Å². The van der Waals surface area contributed by atoms with Crippen molar-refractivity contribution in [3.05, 3.63) is 48.2 Å². The average Bonchev–Trinajstić information content (AvgIpc) is 3.39. The molecule has 1 amide bonds. The van der Waals surface area contributed by atoms with E-state index in [-0.39, 0.29) is 29.6 Å². The summed E-state index contributed by atoms with van der Waals surface area (Å²) in [7, 11) is 1.58. The molecule has 0 aromatic heterocycles. The highest BCUT2D eigenvalue weighted by atomic mass is 35.5. The third-order valence-corrected chi connectivity index (χ3v) is 8.93. The van der Waals surface area contributed by atoms with Crippen molar-refractivity contribution in [1.29, 1.82) is 0 Å². The predicted molar refractivity (Wildman–Crippen MR) is 172 cm³/mol. The summed E-state index contributed by atoms with van der Waals surface area (Å²) in [5, 5.41) is 7.58. The van der Waals surface area contributed by atoms with E-state index in [0.29, 0.717) is 25.0 Å². The van der Waals surface area contributed by atoms with Gasteiger partial charge in [0.1, 0.15) is 12.9 Å². The smallest absolute Gasteiger partial charge is 0.226 e. The second kappa shape index (κ2) is 14.8. The number of ether oxygens (including phenoxy) is 1. The molecule has 1 aromatic rings. The summed E-state index contributed by atoms with van der Waals surface area (Å²) in [6, 6.07) is 8.44. The summed E-state index contributed by atoms with van der Waals surface area (Å²) in [4.78, 5) is 31.1. The largest absolute Gasteiger partial charge is 0.493 e. The van der Waals surface area contributed by atoms with E-state index in [2.05, 4.69) is 69.3 Å². The number of likely N-dealkylation sites (tertiary alicyclic amines) is 2. The highest BCUT2D eigenvalue weighted by Crippen LogP contribution is 2.36. The van der Waals surface area contributed by atoms with Crippen LogP contribution in [0.4, 0.5) is 0 Å². The van der Waals surface area contributed by atoms with Gasteiger partial charge in [-0.2, -0.15) is 0 Å². The van der Waals surface area contributed by atoms with Crippen molar-refractivity contribution in [1.82, 2.24) is 15.1 Å². The van der Waals surface area contributed by atoms with Crippen LogP contribution in [0.15, 0.2) is 57.8 Å². The summed E-state index contributed by atoms with van der Waals surface area (Å²) in [6.07, 6.45) is 11.7. The molecule has 1 spiro atoms. The first-order valence-electron chi connectivity index (χ1n) is 15.0. The maximum Gasteiger partial charge on any atom is 0.226 e. The molecule has 1 unspecified atom stereocenters. The number of carbonyl (C=O) groups excluding carboxylic acids is 1. The minimum Gasteiger partial charge on any atom is -0.493 e. The number of carbonyl (C=O) groups is 1. The molecule has 10 heteroatoms. The number of amides is 1. The second-order valence-electron chi connectivity index (χ2n) is 11.6. The molecular formula is C32H45ClN6O3. The number of oxime groups is 1. The minimum absolute atomic E-state index is 0. The number of hydrogen-bond acceptors (Lipinski definition) is 6. The lowest BCUT2D eigenvalue weighted by Gasteiger charge is -2.39. The van der Waals surface area contributed by atoms with E-state index in [1.54, 1.807) is 7.11 Å². The number of piperidine rings is 1. The van der Waals surface area contributed by atoms with E-state index in [9.17, 15) is 4.79 Å². The molecule has 3 aliphatic heterocycles. The molecule has 1 atom stereocenters. The van der Waals surface area contributed by atoms with Crippen LogP contribution in [0.2, 0.25) is 0 Å². The Morgan fingerprint density at radius 2 is 1.93 bits per heavy atom. The van der Waals surface area contributed by atoms with Gasteiger partial charge in [0.2, 0.25) is 11.9 Å². The standard InChI is InChI=1S/C32H44N6O3.ClH/c1-4-5-16-35-31(33-2)37-17-14-24(15-18-37)20-41-28-12-10-26(11-13-28)25-6-8-27(9-7-25)30(39)38-19-29(36-40-3)32(23-38)21-34-22-32;/h5-6,10-13,16,24,27,34H,2,4,7-9,14-15,17-23H2,1,3H3;1H/b16-5+,35-31?,36-29+;. The van der Waals surface area contributed by atoms with Gasteiger partial charge in [0.05, 0.1) is 24.3 Å². The lowest BCUT2D eigenvalue weighted by atomic mass is 9.79. The summed E-state index contributed by atoms with van der Waals surface area (Å²) in [5.74, 6) is 2.42. The molecule has 9 nitrogen and oxygen atoms in total. The van der Waals surface area contributed by atoms with Crippen LogP contribution in [0.3, 0.4) is 0 Å². The first kappa shape index (κ1) is 31.8. The number of benzene rings is 1. The van der Waals surface area contributed by atoms with Crippen molar-refractivity contribution in [3.63, 3.8) is 0 Å². The summed E-state index contributed by atoms with van der Waals surface area (Å²) in [5.41, 5.74) is 3.50. The van der Waals surface area contributed by atoms with Crippen molar-refractivity contribution in [2.45, 2.75) is 45.4 Å². The Kier molecular flexibility index (Phi) is 11.2. The molecule has 0 bridgehead atoms. The van der Waals surface area contributed by atoms with E-state index in [0.717, 1.165) is 82.7 Å². The van der Waals surface area contributed by atoms with Crippen LogP contribution in [0, 0.1) is 17.3 Å². The fourth-order valence-corrected chi connectivity index (χ4v) is 6.30. The molecule has 3 saturated heterocycles. The third-order valence-electron chi connectivity index (χ3n) is 8.93. The molecule has 1 aliphatic carbocycles. The molecule has 228 valence electrons. The number of rotatable bonds is 8. The number of aliphatic imine (C=N–C) groups is 2. The number of guanidine groups is 1. The fourth-order valence-electron chi connectivity index (χ4n) is 6.30. The Morgan fingerprint density at radius 1 is 1.17 bits per heavy atom. The zero-order valence-corrected chi connectivity index (χ0v) is 25.8. The number of hydrogen-bond donors (Lipinski definition) is 1. The lowest BCUT2D eigenvalue weighted by molar-refractivity contribution is -0.135. The zero-order chi connectivity index (χ0) is 28.7. The molecule has 1 aromatic carbocycles. The van der Waals surface area contributed by atoms with Gasteiger partial charge in [-0.05, 0) is 74.4 Å². The predicted octanol–water partition coefficient (Wildman–Crippen LogP) is 4.80. The van der Waals surface area contributed by atoms with Crippen LogP contribution in [0.5, 0.6) is 5.75 Å². The number of nitrogens with one attached hydrogen (secondary N) is 1. The van der Waals surface area contributed by atoms with Crippen molar-refractivity contribution in [2.24, 2.45) is 32.4 Å². The van der Waals surface area contributed by atoms with Crippen LogP contribution >= 0.6 is 12.4 Å². The second-order valence-corrected chi connectivity index (χ2v) is 11.6. The summed E-state index contributed by atoms with van der Waals surface area (Å²) < 4.78 is 6.16. The molecule has 3 heterocycles. The molecular weight excluding hydrogens is 552 g/mol. The minimum atomic E-state index is -0.0322. The Bertz CT molecular complexity index is 1200. The molecule has 4 aliphatic rings. The van der Waals surface area contributed by atoms with Gasteiger partial charge >= 0.3 is 0 Å². The van der Waals surface area contributed by atoms with Crippen molar-refractivity contribution >= 4 is 42.3 Å². The van der Waals surface area contributed by atoms with Gasteiger partial charge in [0.25, 0.3) is 0 Å². The SMILES string of the molecule is C=NC(=N/C=C/CC)N1CCC(COc2ccc(C3=CCC(C(=O)N4C/C(=N\OC)C5(CNC5)C4)CC3)cc2)CC1.Cl. The van der Waals surface area contributed by atoms with E-state index < -0.39 is 0 Å². The topological polar surface area (TPSA) is 91.1 Å². The molecule has 1 N–H and O–H groups in total. The maximum absolute atomic E-state index is 13.3. The lowest BCUT2D eigenvalue weighted by Crippen LogP contribution is -2.58. The highest BCUT2D eigenvalue weighted by Gasteiger charge is 2.50. The number of nitrogens with zero attached hydrogens (tertiary/aromatic N) is 5. The molecule has 0 radical (unpaired) electrons. The van der Waals surface area contributed by atoms with Crippen LogP contribution in [0.25, 0.3) is 5.57 Å². The van der Waals surface area contributed by atoms with Gasteiger partial charge in [0, 0.05) is 44.8 Å². The quantitative estimate of drug-likeness (QED) is 0.265. The number of allylic oxidation sites excluding steroid dienone is 3. The van der Waals surface area contributed by atoms with Gasteiger partial charge in [-0.1, -0.05) is 36.4 Å². The Balaban J connectivity index is 0.00000405. The van der Waals surface area contributed by atoms with E-state index in [4.69, 9.17) is 9.57 Å². The van der Waals surface area contributed by atoms with Gasteiger partial charge in [0.15, 0.2) is 0 Å². The molecule has 42 heavy (non-hydrogen) atoms. The van der Waals surface area contributed by atoms with E-state index in [1.165, 1.54) is 11.1 Å². The molecule has 5 rings (SSSR count). The van der Waals surface area contributed by atoms with Crippen LogP contribution in [0.1, 0.15) is 51.0 Å². The normalized spacial score (nSPS) is 23.5. The Hall–Kier alpha value is -3.17. The summed E-state index contributed by atoms with van der Waals surface area (Å²) >= 11 is 0. The zero-order valence-electron chi connectivity index (χ0n) is 25.0. The van der Waals surface area contributed by atoms with Gasteiger partial charge in [-0.25, -0.2) is 9.98 Å². The third kappa shape index (κ3) is 7.24. The van der Waals surface area contributed by atoms with Crippen LogP contribution < -0.4 is 10.1 Å². The van der Waals surface area contributed by atoms with Gasteiger partial charge in [-0.15, -0.1) is 12.4 Å². The van der Waals surface area contributed by atoms with Crippen molar-refractivity contribution in [2.75, 3.05) is 53.0 Å². The fraction of sp³-hybridized carbons (Fsp3) is 0.562. The van der Waals surface area contributed by atoms with Crippen LogP contribution in [-0.4, -0.2) is 87.1 Å². The van der Waals surface area contributed by atoms with Crippen molar-refractivity contribution in [3.8, 4) is 5.75 Å². The van der Waals surface area contributed by atoms with Crippen molar-refractivity contribution < 1.29 is 14.4 Å². The molecule has 0 saturated carbocycles. The first-order chi connectivity index (χ1) is 20.0. The highest BCUT2D eigenvalue weighted by molar-refractivity contribution is 5.99. The van der Waals surface area contributed by atoms with Crippen LogP contribution in [-0.2, 0) is 9.63 Å². The first-order valence-corrected chi connectivity index (χ1v) is 15.0. The Morgan fingerprint density at radius 3 is 2.52 bits per heavy atom. The summed E-state index contributed by atoms with van der Waals surface area (Å²) in [6.45, 7) is 11.4. The number of halogens is 1. The maximum atomic E-state index is 13.3. The van der Waals surface area contributed by atoms with Gasteiger partial charge in [-0.3, -0.25) is 4.79 Å². The van der Waals surface area contributed by atoms with E-state index in [1.807, 2.05) is 17.2 Å². The van der Waals surface area contributed by atoms with E-state index >= 15 is 0 Å². The monoisotopic (exact) mass is 596 g/mol. The molecule has 3 fully saturated rings. The van der Waals surface area contributed by atoms with Gasteiger partial charge < -0.3 is 24.7 Å². The average molecular weight is 597 g/mol.